The summed E-state index contributed by atoms with van der Waals surface area (Å²) < 4.78 is 19.7. The number of thiazole rings is 1. The number of rotatable bonds is 6. The van der Waals surface area contributed by atoms with Crippen molar-refractivity contribution in [3.05, 3.63) is 24.0 Å². The Balaban J connectivity index is 0.00000225. The molecule has 2 aromatic rings. The third-order valence-corrected chi connectivity index (χ3v) is 6.54. The number of carbonyl (C=O) groups excluding carboxylic acids is 1. The summed E-state index contributed by atoms with van der Waals surface area (Å²) in [6.45, 7) is 5.10. The van der Waals surface area contributed by atoms with E-state index in [0.717, 1.165) is 75.2 Å². The van der Waals surface area contributed by atoms with Crippen molar-refractivity contribution in [1.82, 2.24) is 9.88 Å². The van der Waals surface area contributed by atoms with Crippen molar-refractivity contribution in [2.45, 2.75) is 32.1 Å². The molecule has 1 aliphatic heterocycles. The fourth-order valence-corrected chi connectivity index (χ4v) is 4.99. The molecule has 1 aliphatic carbocycles. The van der Waals surface area contributed by atoms with Gasteiger partial charge in [0, 0.05) is 32.1 Å². The molecule has 0 radical (unpaired) electrons. The number of carbonyl (C=O) groups is 1. The van der Waals surface area contributed by atoms with Crippen LogP contribution in [-0.4, -0.2) is 55.2 Å². The molecule has 1 aromatic carbocycles. The van der Waals surface area contributed by atoms with Gasteiger partial charge in [-0.2, -0.15) is 0 Å². The lowest BCUT2D eigenvalue weighted by Gasteiger charge is -2.28. The molecule has 4 rings (SSSR count). The number of hydrogen-bond donors (Lipinski definition) is 0. The molecular weight excluding hydrogens is 401 g/mol. The number of nitrogens with zero attached hydrogens (tertiary/aromatic N) is 3. The van der Waals surface area contributed by atoms with Crippen molar-refractivity contribution in [2.75, 3.05) is 44.3 Å². The molecule has 0 unspecified atom stereocenters. The first-order valence-electron chi connectivity index (χ1n) is 9.88. The molecule has 28 heavy (non-hydrogen) atoms. The third-order valence-electron chi connectivity index (χ3n) is 5.50. The first kappa shape index (κ1) is 21.4. The van der Waals surface area contributed by atoms with E-state index in [0.29, 0.717) is 11.7 Å². The van der Waals surface area contributed by atoms with Gasteiger partial charge < -0.3 is 4.74 Å². The number of hydrogen-bond acceptors (Lipinski definition) is 5. The Morgan fingerprint density at radius 1 is 1.29 bits per heavy atom. The Morgan fingerprint density at radius 3 is 2.79 bits per heavy atom. The number of aromatic nitrogens is 1. The molecular formula is C20H27ClFN3O2S. The van der Waals surface area contributed by atoms with Gasteiger partial charge >= 0.3 is 0 Å². The first-order valence-corrected chi connectivity index (χ1v) is 10.7. The van der Waals surface area contributed by atoms with Gasteiger partial charge in [0.15, 0.2) is 5.13 Å². The van der Waals surface area contributed by atoms with Crippen LogP contribution in [-0.2, 0) is 9.53 Å². The number of ether oxygens (including phenoxy) is 1. The lowest BCUT2D eigenvalue weighted by atomic mass is 10.1. The Labute approximate surface area is 175 Å². The quantitative estimate of drug-likeness (QED) is 0.696. The van der Waals surface area contributed by atoms with Gasteiger partial charge in [0.2, 0.25) is 5.91 Å². The Kier molecular flexibility index (Phi) is 7.62. The molecule has 2 fully saturated rings. The zero-order valence-electron chi connectivity index (χ0n) is 15.9. The van der Waals surface area contributed by atoms with E-state index >= 15 is 0 Å². The highest BCUT2D eigenvalue weighted by Crippen LogP contribution is 2.33. The molecule has 154 valence electrons. The molecule has 2 aliphatic rings. The minimum absolute atomic E-state index is 0. The predicted molar refractivity (Wildman–Crippen MR) is 113 cm³/mol. The van der Waals surface area contributed by atoms with E-state index in [4.69, 9.17) is 4.74 Å². The SMILES string of the molecule is Cl.O=C(C1CCCC1)N(CCCN1CCOCC1)c1nc2ccc(F)cc2s1. The minimum Gasteiger partial charge on any atom is -0.379 e. The minimum atomic E-state index is -0.265. The van der Waals surface area contributed by atoms with Crippen LogP contribution in [0.15, 0.2) is 18.2 Å². The summed E-state index contributed by atoms with van der Waals surface area (Å²) in [5.41, 5.74) is 0.758. The highest BCUT2D eigenvalue weighted by atomic mass is 35.5. The zero-order chi connectivity index (χ0) is 18.6. The van der Waals surface area contributed by atoms with Crippen LogP contribution in [0.25, 0.3) is 10.2 Å². The molecule has 2 heterocycles. The van der Waals surface area contributed by atoms with Crippen molar-refractivity contribution >= 4 is 45.0 Å². The number of anilines is 1. The molecule has 0 spiro atoms. The summed E-state index contributed by atoms with van der Waals surface area (Å²) >= 11 is 1.41. The van der Waals surface area contributed by atoms with E-state index in [9.17, 15) is 9.18 Å². The lowest BCUT2D eigenvalue weighted by molar-refractivity contribution is -0.122. The van der Waals surface area contributed by atoms with E-state index < -0.39 is 0 Å². The number of morpholine rings is 1. The zero-order valence-corrected chi connectivity index (χ0v) is 17.6. The molecule has 0 bridgehead atoms. The van der Waals surface area contributed by atoms with Crippen LogP contribution < -0.4 is 4.90 Å². The number of amides is 1. The van der Waals surface area contributed by atoms with Crippen LogP contribution in [0.3, 0.4) is 0 Å². The van der Waals surface area contributed by atoms with Crippen LogP contribution >= 0.6 is 23.7 Å². The molecule has 0 atom stereocenters. The predicted octanol–water partition coefficient (Wildman–Crippen LogP) is 4.10. The van der Waals surface area contributed by atoms with E-state index in [1.54, 1.807) is 6.07 Å². The maximum absolute atomic E-state index is 13.5. The highest BCUT2D eigenvalue weighted by molar-refractivity contribution is 7.22. The van der Waals surface area contributed by atoms with Crippen LogP contribution in [0.4, 0.5) is 9.52 Å². The normalized spacial score (nSPS) is 18.3. The second-order valence-electron chi connectivity index (χ2n) is 7.39. The fourth-order valence-electron chi connectivity index (χ4n) is 3.97. The van der Waals surface area contributed by atoms with Crippen LogP contribution in [0.5, 0.6) is 0 Å². The smallest absolute Gasteiger partial charge is 0.231 e. The second-order valence-corrected chi connectivity index (χ2v) is 8.40. The van der Waals surface area contributed by atoms with Crippen LogP contribution in [0.1, 0.15) is 32.1 Å². The molecule has 1 saturated carbocycles. The van der Waals surface area contributed by atoms with Crippen molar-refractivity contribution in [3.63, 3.8) is 0 Å². The summed E-state index contributed by atoms with van der Waals surface area (Å²) in [6, 6.07) is 4.62. The maximum atomic E-state index is 13.5. The number of fused-ring (bicyclic) bond motifs is 1. The van der Waals surface area contributed by atoms with Gasteiger partial charge in [-0.05, 0) is 37.5 Å². The second kappa shape index (κ2) is 9.96. The Morgan fingerprint density at radius 2 is 2.04 bits per heavy atom. The van der Waals surface area contributed by atoms with Crippen molar-refractivity contribution in [2.24, 2.45) is 5.92 Å². The van der Waals surface area contributed by atoms with Gasteiger partial charge in [-0.25, -0.2) is 9.37 Å². The van der Waals surface area contributed by atoms with Gasteiger partial charge in [-0.15, -0.1) is 12.4 Å². The first-order chi connectivity index (χ1) is 13.2. The third kappa shape index (κ3) is 5.00. The average Bonchev–Trinajstić information content (AvgIpc) is 3.35. The van der Waals surface area contributed by atoms with Crippen molar-refractivity contribution < 1.29 is 13.9 Å². The largest absolute Gasteiger partial charge is 0.379 e. The van der Waals surface area contributed by atoms with Gasteiger partial charge in [-0.3, -0.25) is 14.6 Å². The topological polar surface area (TPSA) is 45.7 Å². The summed E-state index contributed by atoms with van der Waals surface area (Å²) in [7, 11) is 0. The highest BCUT2D eigenvalue weighted by Gasteiger charge is 2.29. The molecule has 5 nitrogen and oxygen atoms in total. The van der Waals surface area contributed by atoms with E-state index in [-0.39, 0.29) is 30.0 Å². The molecule has 0 N–H and O–H groups in total. The number of benzene rings is 1. The summed E-state index contributed by atoms with van der Waals surface area (Å²) in [5.74, 6) is 0.0322. The number of halogens is 2. The van der Waals surface area contributed by atoms with Gasteiger partial charge in [-0.1, -0.05) is 24.2 Å². The summed E-state index contributed by atoms with van der Waals surface area (Å²) in [6.07, 6.45) is 5.10. The molecule has 1 saturated heterocycles. The summed E-state index contributed by atoms with van der Waals surface area (Å²) in [4.78, 5) is 22.0. The van der Waals surface area contributed by atoms with Gasteiger partial charge in [0.1, 0.15) is 5.82 Å². The fraction of sp³-hybridized carbons (Fsp3) is 0.600. The molecule has 1 amide bonds. The maximum Gasteiger partial charge on any atom is 0.231 e. The van der Waals surface area contributed by atoms with Crippen molar-refractivity contribution in [1.29, 1.82) is 0 Å². The molecule has 8 heteroatoms. The summed E-state index contributed by atoms with van der Waals surface area (Å²) in [5, 5.41) is 0.703. The molecule has 1 aromatic heterocycles. The monoisotopic (exact) mass is 427 g/mol. The van der Waals surface area contributed by atoms with E-state index in [1.165, 1.54) is 23.5 Å². The van der Waals surface area contributed by atoms with Crippen LogP contribution in [0, 0.1) is 11.7 Å². The van der Waals surface area contributed by atoms with E-state index in [2.05, 4.69) is 9.88 Å². The van der Waals surface area contributed by atoms with E-state index in [1.807, 2.05) is 4.90 Å². The Hall–Kier alpha value is -1.28. The average molecular weight is 428 g/mol. The van der Waals surface area contributed by atoms with Gasteiger partial charge in [0.25, 0.3) is 0 Å². The van der Waals surface area contributed by atoms with Crippen molar-refractivity contribution in [3.8, 4) is 0 Å². The Bertz CT molecular complexity index is 791. The van der Waals surface area contributed by atoms with Crippen LogP contribution in [0.2, 0.25) is 0 Å². The lowest BCUT2D eigenvalue weighted by Crippen LogP contribution is -2.40. The standard InChI is InChI=1S/C20H26FN3O2S.ClH/c21-16-6-7-17-18(14-16)27-20(22-17)24(19(25)15-4-1-2-5-15)9-3-8-23-10-12-26-13-11-23;/h6-7,14-15H,1-5,8-13H2;1H. The van der Waals surface area contributed by atoms with Gasteiger partial charge in [0.05, 0.1) is 23.4 Å².